The summed E-state index contributed by atoms with van der Waals surface area (Å²) in [5.41, 5.74) is 0.970. The molecule has 0 radical (unpaired) electrons. The van der Waals surface area contributed by atoms with Crippen LogP contribution in [0.1, 0.15) is 25.5 Å². The zero-order valence-corrected chi connectivity index (χ0v) is 12.2. The Hall–Kier alpha value is -0.980. The van der Waals surface area contributed by atoms with Crippen molar-refractivity contribution >= 4 is 0 Å². The molecule has 0 saturated carbocycles. The molecule has 0 amide bonds. The maximum Gasteiger partial charge on any atom is 0.0828 e. The second kappa shape index (κ2) is 9.89. The van der Waals surface area contributed by atoms with Gasteiger partial charge in [0.05, 0.1) is 5.69 Å². The van der Waals surface area contributed by atoms with Crippen molar-refractivity contribution in [3.05, 3.63) is 11.9 Å². The van der Waals surface area contributed by atoms with Crippen LogP contribution in [0, 0.1) is 0 Å². The Morgan fingerprint density at radius 3 is 2.63 bits per heavy atom. The molecule has 1 aliphatic rings. The Bertz CT molecular complexity index is 323. The molecule has 0 unspecified atom stereocenters. The highest BCUT2D eigenvalue weighted by Gasteiger charge is 2.01. The van der Waals surface area contributed by atoms with E-state index < -0.39 is 0 Å². The van der Waals surface area contributed by atoms with E-state index in [0.717, 1.165) is 44.6 Å². The summed E-state index contributed by atoms with van der Waals surface area (Å²) in [4.78, 5) is 2.33. The highest BCUT2D eigenvalue weighted by molar-refractivity contribution is 4.91. The molecular weight excluding hydrogens is 242 g/mol. The monoisotopic (exact) mass is 269 g/mol. The number of aliphatic hydroxyl groups excluding tert-OH is 1. The lowest BCUT2D eigenvalue weighted by Gasteiger charge is -2.21. The minimum absolute atomic E-state index is 0.223. The largest absolute Gasteiger partial charge is 0.396 e. The molecule has 1 saturated heterocycles. The number of nitrogens with zero attached hydrogens (tertiary/aromatic N) is 4. The number of hydrogen-bond acceptors (Lipinski definition) is 5. The molecule has 1 aromatic heterocycles. The Kier molecular flexibility index (Phi) is 8.36. The van der Waals surface area contributed by atoms with Crippen LogP contribution in [-0.2, 0) is 13.0 Å². The van der Waals surface area contributed by atoms with Gasteiger partial charge in [0.1, 0.15) is 0 Å². The van der Waals surface area contributed by atoms with Crippen molar-refractivity contribution in [2.24, 2.45) is 0 Å². The van der Waals surface area contributed by atoms with Crippen molar-refractivity contribution in [3.8, 4) is 0 Å². The van der Waals surface area contributed by atoms with E-state index in [1.54, 1.807) is 0 Å². The molecule has 1 fully saturated rings. The number of rotatable bonds is 5. The van der Waals surface area contributed by atoms with E-state index in [-0.39, 0.29) is 6.61 Å². The fourth-order valence-electron chi connectivity index (χ4n) is 1.83. The van der Waals surface area contributed by atoms with E-state index in [1.807, 2.05) is 10.9 Å². The van der Waals surface area contributed by atoms with Crippen molar-refractivity contribution < 1.29 is 5.11 Å². The van der Waals surface area contributed by atoms with Gasteiger partial charge in [-0.3, -0.25) is 4.68 Å². The number of hydrogen-bond donors (Lipinski definition) is 2. The number of nitrogens with one attached hydrogen (secondary N) is 1. The average Bonchev–Trinajstić information content (AvgIpc) is 2.86. The summed E-state index contributed by atoms with van der Waals surface area (Å²) in [7, 11) is 2.15. The minimum atomic E-state index is 0.223. The average molecular weight is 269 g/mol. The van der Waals surface area contributed by atoms with Crippen LogP contribution >= 0.6 is 0 Å². The summed E-state index contributed by atoms with van der Waals surface area (Å²) in [6.45, 7) is 7.99. The third-order valence-electron chi connectivity index (χ3n) is 2.97. The van der Waals surface area contributed by atoms with E-state index in [1.165, 1.54) is 13.1 Å². The van der Waals surface area contributed by atoms with Gasteiger partial charge in [-0.1, -0.05) is 12.1 Å². The molecular formula is C13H27N5O. The number of likely N-dealkylation sites (N-methyl/N-ethyl adjacent to an activating group) is 1. The van der Waals surface area contributed by atoms with Crippen LogP contribution < -0.4 is 5.32 Å². The van der Waals surface area contributed by atoms with Crippen LogP contribution in [0.25, 0.3) is 0 Å². The van der Waals surface area contributed by atoms with Gasteiger partial charge in [0.15, 0.2) is 0 Å². The minimum Gasteiger partial charge on any atom is -0.396 e. The lowest BCUT2D eigenvalue weighted by molar-refractivity contribution is 0.288. The summed E-state index contributed by atoms with van der Waals surface area (Å²) in [6.07, 6.45) is 4.60. The molecule has 6 nitrogen and oxygen atoms in total. The molecule has 0 atom stereocenters. The number of piperazine rings is 1. The highest BCUT2D eigenvalue weighted by atomic mass is 16.2. The zero-order valence-electron chi connectivity index (χ0n) is 12.2. The van der Waals surface area contributed by atoms with Crippen molar-refractivity contribution in [1.82, 2.24) is 25.2 Å². The predicted molar refractivity (Wildman–Crippen MR) is 76.1 cm³/mol. The SMILES string of the molecule is CCCn1cc(CCCO)nn1.CN1CCNCC1. The van der Waals surface area contributed by atoms with Gasteiger partial charge in [0.25, 0.3) is 0 Å². The van der Waals surface area contributed by atoms with Crippen molar-refractivity contribution in [1.29, 1.82) is 0 Å². The van der Waals surface area contributed by atoms with E-state index in [2.05, 4.69) is 34.5 Å². The van der Waals surface area contributed by atoms with Crippen LogP contribution in [0.5, 0.6) is 0 Å². The van der Waals surface area contributed by atoms with Gasteiger partial charge in [-0.25, -0.2) is 0 Å². The Morgan fingerprint density at radius 2 is 2.11 bits per heavy atom. The maximum atomic E-state index is 8.58. The first-order valence-electron chi connectivity index (χ1n) is 7.15. The number of aryl methyl sites for hydroxylation is 2. The molecule has 2 N–H and O–H groups in total. The Labute approximate surface area is 115 Å². The summed E-state index contributed by atoms with van der Waals surface area (Å²) in [5.74, 6) is 0. The van der Waals surface area contributed by atoms with Crippen molar-refractivity contribution in [2.45, 2.75) is 32.7 Å². The first kappa shape index (κ1) is 16.1. The van der Waals surface area contributed by atoms with Crippen molar-refractivity contribution in [3.63, 3.8) is 0 Å². The second-order valence-electron chi connectivity index (χ2n) is 4.85. The summed E-state index contributed by atoms with van der Waals surface area (Å²) in [6, 6.07) is 0. The molecule has 0 spiro atoms. The van der Waals surface area contributed by atoms with Gasteiger partial charge >= 0.3 is 0 Å². The van der Waals surface area contributed by atoms with Crippen LogP contribution in [-0.4, -0.2) is 64.8 Å². The van der Waals surface area contributed by atoms with Gasteiger partial charge in [0.2, 0.25) is 0 Å². The van der Waals surface area contributed by atoms with E-state index >= 15 is 0 Å². The lowest BCUT2D eigenvalue weighted by Crippen LogP contribution is -2.40. The van der Waals surface area contributed by atoms with Gasteiger partial charge in [-0.2, -0.15) is 0 Å². The lowest BCUT2D eigenvalue weighted by atomic mass is 10.3. The van der Waals surface area contributed by atoms with E-state index in [9.17, 15) is 0 Å². The van der Waals surface area contributed by atoms with Crippen LogP contribution in [0.4, 0.5) is 0 Å². The van der Waals surface area contributed by atoms with E-state index in [0.29, 0.717) is 0 Å². The zero-order chi connectivity index (χ0) is 13.9. The quantitative estimate of drug-likeness (QED) is 0.795. The number of aromatic nitrogens is 3. The molecule has 0 bridgehead atoms. The van der Waals surface area contributed by atoms with Crippen LogP contribution in [0.3, 0.4) is 0 Å². The Balaban J connectivity index is 0.000000218. The molecule has 2 rings (SSSR count). The third-order valence-corrected chi connectivity index (χ3v) is 2.97. The fourth-order valence-corrected chi connectivity index (χ4v) is 1.83. The molecule has 1 aromatic rings. The molecule has 0 aromatic carbocycles. The molecule has 2 heterocycles. The summed E-state index contributed by atoms with van der Waals surface area (Å²) >= 11 is 0. The molecule has 110 valence electrons. The Morgan fingerprint density at radius 1 is 1.37 bits per heavy atom. The maximum absolute atomic E-state index is 8.58. The molecule has 6 heteroatoms. The first-order chi connectivity index (χ1) is 9.26. The van der Waals surface area contributed by atoms with Gasteiger partial charge in [-0.15, -0.1) is 5.10 Å². The molecule has 0 aliphatic carbocycles. The third kappa shape index (κ3) is 7.25. The van der Waals surface area contributed by atoms with Gasteiger partial charge in [0, 0.05) is 45.5 Å². The first-order valence-corrected chi connectivity index (χ1v) is 7.15. The highest BCUT2D eigenvalue weighted by Crippen LogP contribution is 1.97. The predicted octanol–water partition coefficient (Wildman–Crippen LogP) is 0.134. The second-order valence-corrected chi connectivity index (χ2v) is 4.85. The van der Waals surface area contributed by atoms with Gasteiger partial charge in [-0.05, 0) is 26.3 Å². The molecule has 1 aliphatic heterocycles. The number of aliphatic hydroxyl groups is 1. The van der Waals surface area contributed by atoms with Gasteiger partial charge < -0.3 is 15.3 Å². The summed E-state index contributed by atoms with van der Waals surface area (Å²) < 4.78 is 1.84. The van der Waals surface area contributed by atoms with E-state index in [4.69, 9.17) is 5.11 Å². The topological polar surface area (TPSA) is 66.2 Å². The molecule has 19 heavy (non-hydrogen) atoms. The standard InChI is InChI=1S/C8H15N3O.C5H12N2/c1-2-5-11-7-8(9-10-11)4-3-6-12;1-7-4-2-6-3-5-7/h7,12H,2-6H2,1H3;6H,2-5H2,1H3. The smallest absolute Gasteiger partial charge is 0.0828 e. The van der Waals surface area contributed by atoms with Crippen LogP contribution in [0.15, 0.2) is 6.20 Å². The summed E-state index contributed by atoms with van der Waals surface area (Å²) in [5, 5.41) is 19.8. The fraction of sp³-hybridized carbons (Fsp3) is 0.846. The van der Waals surface area contributed by atoms with Crippen LogP contribution in [0.2, 0.25) is 0 Å². The van der Waals surface area contributed by atoms with Crippen molar-refractivity contribution in [2.75, 3.05) is 39.8 Å². The normalized spacial score (nSPS) is 15.9.